The van der Waals surface area contributed by atoms with Gasteiger partial charge in [-0.25, -0.2) is 4.98 Å². The predicted molar refractivity (Wildman–Crippen MR) is 94.9 cm³/mol. The topological polar surface area (TPSA) is 90.1 Å². The molecule has 0 radical (unpaired) electrons. The van der Waals surface area contributed by atoms with E-state index in [4.69, 9.17) is 9.15 Å². The number of benzene rings is 1. The van der Waals surface area contributed by atoms with Gasteiger partial charge in [0.25, 0.3) is 11.8 Å². The minimum Gasteiger partial charge on any atom is -0.484 e. The molecule has 25 heavy (non-hydrogen) atoms. The largest absolute Gasteiger partial charge is 0.484 e. The van der Waals surface area contributed by atoms with Gasteiger partial charge in [0, 0.05) is 0 Å². The van der Waals surface area contributed by atoms with Crippen molar-refractivity contribution in [3.05, 3.63) is 40.0 Å². The number of anilines is 1. The summed E-state index contributed by atoms with van der Waals surface area (Å²) in [5.74, 6) is 0.611. The van der Waals surface area contributed by atoms with Crippen molar-refractivity contribution >= 4 is 23.3 Å². The fourth-order valence-corrected chi connectivity index (χ4v) is 3.04. The van der Waals surface area contributed by atoms with E-state index in [0.717, 1.165) is 21.1 Å². The Morgan fingerprint density at radius 1 is 1.20 bits per heavy atom. The molecule has 0 fully saturated rings. The average Bonchev–Trinajstić information content (AvgIpc) is 3.14. The summed E-state index contributed by atoms with van der Waals surface area (Å²) >= 11 is 1.46. The van der Waals surface area contributed by atoms with Crippen molar-refractivity contribution < 1.29 is 13.9 Å². The maximum atomic E-state index is 12.0. The fourth-order valence-electron chi connectivity index (χ4n) is 2.20. The number of nitrogens with one attached hydrogen (secondary N) is 1. The molecule has 0 unspecified atom stereocenters. The maximum Gasteiger partial charge on any atom is 0.322 e. The van der Waals surface area contributed by atoms with E-state index in [2.05, 4.69) is 20.5 Å². The van der Waals surface area contributed by atoms with Crippen LogP contribution < -0.4 is 10.1 Å². The Hall–Kier alpha value is -2.74. The van der Waals surface area contributed by atoms with Crippen molar-refractivity contribution in [2.24, 2.45) is 0 Å². The number of hydrogen-bond donors (Lipinski definition) is 1. The van der Waals surface area contributed by atoms with Gasteiger partial charge in [0.15, 0.2) is 6.61 Å². The normalized spacial score (nSPS) is 10.7. The molecule has 0 atom stereocenters. The molecule has 1 aromatic carbocycles. The third-order valence-corrected chi connectivity index (χ3v) is 4.68. The SMILES string of the molecule is Cc1nc(C)c(-c2nnc(NC(=O)COc3ccc(C)c(C)c3)o2)s1. The first-order valence-corrected chi connectivity index (χ1v) is 8.52. The highest BCUT2D eigenvalue weighted by Crippen LogP contribution is 2.29. The molecule has 0 bridgehead atoms. The number of aromatic nitrogens is 3. The Labute approximate surface area is 149 Å². The van der Waals surface area contributed by atoms with Crippen LogP contribution in [-0.2, 0) is 4.79 Å². The van der Waals surface area contributed by atoms with Gasteiger partial charge in [-0.05, 0) is 51.0 Å². The van der Waals surface area contributed by atoms with Crippen LogP contribution in [0.15, 0.2) is 22.6 Å². The van der Waals surface area contributed by atoms with Crippen LogP contribution >= 0.6 is 11.3 Å². The van der Waals surface area contributed by atoms with Crippen LogP contribution in [-0.4, -0.2) is 27.7 Å². The number of hydrogen-bond acceptors (Lipinski definition) is 7. The zero-order chi connectivity index (χ0) is 18.0. The lowest BCUT2D eigenvalue weighted by molar-refractivity contribution is -0.118. The molecule has 0 spiro atoms. The van der Waals surface area contributed by atoms with Crippen LogP contribution in [0, 0.1) is 27.7 Å². The number of thiazole rings is 1. The monoisotopic (exact) mass is 358 g/mol. The van der Waals surface area contributed by atoms with Crippen LogP contribution in [0.1, 0.15) is 21.8 Å². The predicted octanol–water partition coefficient (Wildman–Crippen LogP) is 3.44. The van der Waals surface area contributed by atoms with Crippen LogP contribution in [0.3, 0.4) is 0 Å². The summed E-state index contributed by atoms with van der Waals surface area (Å²) in [5.41, 5.74) is 3.10. The molecule has 2 aromatic heterocycles. The van der Waals surface area contributed by atoms with Crippen LogP contribution in [0.2, 0.25) is 0 Å². The molecule has 3 aromatic rings. The van der Waals surface area contributed by atoms with E-state index in [9.17, 15) is 4.79 Å². The number of aryl methyl sites for hydroxylation is 4. The first-order chi connectivity index (χ1) is 11.9. The molecule has 0 aliphatic carbocycles. The van der Waals surface area contributed by atoms with E-state index in [1.807, 2.05) is 45.9 Å². The summed E-state index contributed by atoms with van der Waals surface area (Å²) < 4.78 is 11.0. The van der Waals surface area contributed by atoms with E-state index < -0.39 is 0 Å². The van der Waals surface area contributed by atoms with Gasteiger partial charge in [-0.2, -0.15) is 0 Å². The molecule has 0 saturated carbocycles. The molecule has 0 aliphatic heterocycles. The lowest BCUT2D eigenvalue weighted by atomic mass is 10.1. The van der Waals surface area contributed by atoms with Gasteiger partial charge in [0.1, 0.15) is 10.6 Å². The van der Waals surface area contributed by atoms with Crippen molar-refractivity contribution in [2.75, 3.05) is 11.9 Å². The van der Waals surface area contributed by atoms with E-state index in [1.165, 1.54) is 16.9 Å². The van der Waals surface area contributed by atoms with Crippen molar-refractivity contribution in [1.82, 2.24) is 15.2 Å². The first-order valence-electron chi connectivity index (χ1n) is 7.70. The zero-order valence-corrected chi connectivity index (χ0v) is 15.2. The lowest BCUT2D eigenvalue weighted by Gasteiger charge is -2.07. The number of rotatable bonds is 5. The van der Waals surface area contributed by atoms with Gasteiger partial charge in [-0.3, -0.25) is 10.1 Å². The molecule has 0 aliphatic rings. The van der Waals surface area contributed by atoms with E-state index in [-0.39, 0.29) is 18.5 Å². The van der Waals surface area contributed by atoms with Gasteiger partial charge in [-0.15, -0.1) is 16.4 Å². The molecule has 2 heterocycles. The highest BCUT2D eigenvalue weighted by molar-refractivity contribution is 7.15. The number of carbonyl (C=O) groups is 1. The van der Waals surface area contributed by atoms with Crippen molar-refractivity contribution in [3.63, 3.8) is 0 Å². The Balaban J connectivity index is 1.60. The second-order valence-electron chi connectivity index (χ2n) is 5.64. The molecular formula is C17H18N4O3S. The van der Waals surface area contributed by atoms with Crippen molar-refractivity contribution in [1.29, 1.82) is 0 Å². The molecule has 130 valence electrons. The fraction of sp³-hybridized carbons (Fsp3) is 0.294. The number of nitrogens with zero attached hydrogens (tertiary/aromatic N) is 3. The number of carbonyl (C=O) groups excluding carboxylic acids is 1. The van der Waals surface area contributed by atoms with Crippen LogP contribution in [0.4, 0.5) is 6.01 Å². The Kier molecular flexibility index (Phi) is 4.80. The standard InChI is InChI=1S/C17H18N4O3S/c1-9-5-6-13(7-10(9)2)23-8-14(22)19-17-21-20-16(24-17)15-11(3)18-12(4)25-15/h5-7H,8H2,1-4H3,(H,19,21,22). The highest BCUT2D eigenvalue weighted by atomic mass is 32.1. The Morgan fingerprint density at radius 2 is 2.00 bits per heavy atom. The molecule has 8 heteroatoms. The first kappa shape index (κ1) is 17.1. The summed E-state index contributed by atoms with van der Waals surface area (Å²) in [5, 5.41) is 11.2. The quantitative estimate of drug-likeness (QED) is 0.751. The van der Waals surface area contributed by atoms with Gasteiger partial charge in [0.2, 0.25) is 0 Å². The summed E-state index contributed by atoms with van der Waals surface area (Å²) in [4.78, 5) is 17.1. The minimum atomic E-state index is -0.370. The van der Waals surface area contributed by atoms with Gasteiger partial charge in [0.05, 0.1) is 10.7 Å². The molecule has 0 saturated heterocycles. The van der Waals surface area contributed by atoms with Gasteiger partial charge < -0.3 is 9.15 Å². The third kappa shape index (κ3) is 4.03. The lowest BCUT2D eigenvalue weighted by Crippen LogP contribution is -2.20. The summed E-state index contributed by atoms with van der Waals surface area (Å²) in [6.07, 6.45) is 0. The van der Waals surface area contributed by atoms with E-state index in [1.54, 1.807) is 0 Å². The highest BCUT2D eigenvalue weighted by Gasteiger charge is 2.16. The second-order valence-corrected chi connectivity index (χ2v) is 6.85. The number of ether oxygens (including phenoxy) is 1. The zero-order valence-electron chi connectivity index (χ0n) is 14.4. The third-order valence-electron chi connectivity index (χ3n) is 3.62. The van der Waals surface area contributed by atoms with Crippen LogP contribution in [0.25, 0.3) is 10.8 Å². The summed E-state index contributed by atoms with van der Waals surface area (Å²) in [6, 6.07) is 5.71. The second kappa shape index (κ2) is 7.02. The summed E-state index contributed by atoms with van der Waals surface area (Å²) in [7, 11) is 0. The smallest absolute Gasteiger partial charge is 0.322 e. The average molecular weight is 358 g/mol. The molecule has 3 rings (SSSR count). The van der Waals surface area contributed by atoms with Crippen molar-refractivity contribution in [3.8, 4) is 16.5 Å². The summed E-state index contributed by atoms with van der Waals surface area (Å²) in [6.45, 7) is 7.65. The van der Waals surface area contributed by atoms with E-state index in [0.29, 0.717) is 11.6 Å². The molecule has 1 amide bonds. The Morgan fingerprint density at radius 3 is 2.68 bits per heavy atom. The Bertz CT molecular complexity index is 917. The maximum absolute atomic E-state index is 12.0. The van der Waals surface area contributed by atoms with Crippen LogP contribution in [0.5, 0.6) is 5.75 Å². The molecular weight excluding hydrogens is 340 g/mol. The van der Waals surface area contributed by atoms with Gasteiger partial charge >= 0.3 is 6.01 Å². The minimum absolute atomic E-state index is 0.0362. The van der Waals surface area contributed by atoms with Crippen molar-refractivity contribution in [2.45, 2.75) is 27.7 Å². The molecule has 7 nitrogen and oxygen atoms in total. The van der Waals surface area contributed by atoms with Gasteiger partial charge in [-0.1, -0.05) is 11.2 Å². The van der Waals surface area contributed by atoms with E-state index >= 15 is 0 Å². The number of amides is 1. The molecule has 1 N–H and O–H groups in total.